The minimum atomic E-state index is 0.0457. The van der Waals surface area contributed by atoms with Gasteiger partial charge in [-0.15, -0.1) is 12.3 Å². The number of carbonyl (C=O) groups is 1. The molecular formula is C29H37NO2. The Bertz CT molecular complexity index is 941. The predicted molar refractivity (Wildman–Crippen MR) is 133 cm³/mol. The number of ether oxygens (including phenoxy) is 1. The van der Waals surface area contributed by atoms with E-state index in [1.165, 1.54) is 22.3 Å². The van der Waals surface area contributed by atoms with Crippen molar-refractivity contribution < 1.29 is 9.53 Å². The second-order valence-corrected chi connectivity index (χ2v) is 8.64. The quantitative estimate of drug-likeness (QED) is 0.291. The fraction of sp³-hybridized carbons (Fsp3) is 0.483. The highest BCUT2D eigenvalue weighted by Gasteiger charge is 2.31. The van der Waals surface area contributed by atoms with Gasteiger partial charge in [0.05, 0.1) is 0 Å². The Balaban J connectivity index is 1.68. The average molecular weight is 432 g/mol. The summed E-state index contributed by atoms with van der Waals surface area (Å²) in [5, 5.41) is 3.10. The highest BCUT2D eigenvalue weighted by atomic mass is 16.5. The Morgan fingerprint density at radius 2 is 1.91 bits per heavy atom. The summed E-state index contributed by atoms with van der Waals surface area (Å²) < 4.78 is 5.66. The zero-order valence-electron chi connectivity index (χ0n) is 19.7. The molecule has 0 aromatic heterocycles. The van der Waals surface area contributed by atoms with E-state index in [4.69, 9.17) is 11.2 Å². The lowest BCUT2D eigenvalue weighted by Gasteiger charge is -2.12. The second kappa shape index (κ2) is 12.5. The van der Waals surface area contributed by atoms with E-state index in [0.717, 1.165) is 82.3 Å². The maximum atomic E-state index is 12.9. The summed E-state index contributed by atoms with van der Waals surface area (Å²) in [7, 11) is 0. The van der Waals surface area contributed by atoms with Crippen molar-refractivity contribution in [1.82, 2.24) is 5.32 Å². The molecule has 3 heteroatoms. The Morgan fingerprint density at radius 3 is 2.69 bits per heavy atom. The SMILES string of the molecule is C#CCCCOCCCCc1ccc2c(c1)C(CC)c1cccc(C(=O)NCCCC)c1-2. The van der Waals surface area contributed by atoms with E-state index in [9.17, 15) is 4.79 Å². The zero-order chi connectivity index (χ0) is 22.8. The molecule has 0 heterocycles. The summed E-state index contributed by atoms with van der Waals surface area (Å²) in [6.45, 7) is 6.67. The van der Waals surface area contributed by atoms with E-state index in [1.54, 1.807) is 0 Å². The first-order chi connectivity index (χ1) is 15.7. The van der Waals surface area contributed by atoms with Crippen LogP contribution in [-0.2, 0) is 11.2 Å². The largest absolute Gasteiger partial charge is 0.381 e. The molecule has 0 aliphatic heterocycles. The first-order valence-electron chi connectivity index (χ1n) is 12.3. The van der Waals surface area contributed by atoms with E-state index >= 15 is 0 Å². The van der Waals surface area contributed by atoms with Crippen LogP contribution in [0.5, 0.6) is 0 Å². The fourth-order valence-electron chi connectivity index (χ4n) is 4.63. The molecule has 0 saturated heterocycles. The lowest BCUT2D eigenvalue weighted by atomic mass is 9.92. The third-order valence-corrected chi connectivity index (χ3v) is 6.32. The maximum absolute atomic E-state index is 12.9. The van der Waals surface area contributed by atoms with Crippen LogP contribution in [0.15, 0.2) is 36.4 Å². The molecule has 1 aliphatic carbocycles. The van der Waals surface area contributed by atoms with Crippen LogP contribution < -0.4 is 5.32 Å². The van der Waals surface area contributed by atoms with Gasteiger partial charge in [0, 0.05) is 37.7 Å². The predicted octanol–water partition coefficient (Wildman–Crippen LogP) is 6.49. The van der Waals surface area contributed by atoms with Crippen molar-refractivity contribution in [3.63, 3.8) is 0 Å². The number of amides is 1. The van der Waals surface area contributed by atoms with E-state index < -0.39 is 0 Å². The number of hydrogen-bond acceptors (Lipinski definition) is 2. The van der Waals surface area contributed by atoms with Crippen molar-refractivity contribution in [2.75, 3.05) is 19.8 Å². The van der Waals surface area contributed by atoms with Gasteiger partial charge in [0.15, 0.2) is 0 Å². The minimum absolute atomic E-state index is 0.0457. The van der Waals surface area contributed by atoms with E-state index in [0.29, 0.717) is 5.92 Å². The number of benzene rings is 2. The summed E-state index contributed by atoms with van der Waals surface area (Å²) in [6, 6.07) is 13.0. The first kappa shape index (κ1) is 24.1. The molecule has 0 spiro atoms. The van der Waals surface area contributed by atoms with Crippen molar-refractivity contribution in [2.24, 2.45) is 0 Å². The van der Waals surface area contributed by atoms with Crippen LogP contribution >= 0.6 is 0 Å². The van der Waals surface area contributed by atoms with Gasteiger partial charge >= 0.3 is 0 Å². The van der Waals surface area contributed by atoms with Gasteiger partial charge in [0.1, 0.15) is 0 Å². The summed E-state index contributed by atoms with van der Waals surface area (Å²) in [5.41, 5.74) is 7.22. The van der Waals surface area contributed by atoms with E-state index in [-0.39, 0.29) is 5.91 Å². The smallest absolute Gasteiger partial charge is 0.251 e. The summed E-state index contributed by atoms with van der Waals surface area (Å²) in [4.78, 5) is 12.9. The lowest BCUT2D eigenvalue weighted by Crippen LogP contribution is -2.25. The number of aryl methyl sites for hydroxylation is 1. The van der Waals surface area contributed by atoms with Crippen molar-refractivity contribution in [2.45, 2.75) is 71.1 Å². The van der Waals surface area contributed by atoms with Crippen LogP contribution in [0.3, 0.4) is 0 Å². The molecule has 0 saturated carbocycles. The Morgan fingerprint density at radius 1 is 1.06 bits per heavy atom. The van der Waals surface area contributed by atoms with Crippen LogP contribution in [0.1, 0.15) is 91.8 Å². The Kier molecular flexibility index (Phi) is 9.38. The molecule has 3 rings (SSSR count). The first-order valence-corrected chi connectivity index (χ1v) is 12.3. The summed E-state index contributed by atoms with van der Waals surface area (Å²) in [5.74, 6) is 3.05. The molecule has 1 atom stereocenters. The van der Waals surface area contributed by atoms with E-state index in [1.807, 2.05) is 12.1 Å². The number of terminal acetylenes is 1. The van der Waals surface area contributed by atoms with Crippen LogP contribution in [0.4, 0.5) is 0 Å². The fourth-order valence-corrected chi connectivity index (χ4v) is 4.63. The highest BCUT2D eigenvalue weighted by Crippen LogP contribution is 2.48. The molecule has 2 aromatic carbocycles. The van der Waals surface area contributed by atoms with Gasteiger partial charge in [-0.25, -0.2) is 0 Å². The monoisotopic (exact) mass is 431 g/mol. The number of nitrogens with one attached hydrogen (secondary N) is 1. The average Bonchev–Trinajstić information content (AvgIpc) is 3.13. The van der Waals surface area contributed by atoms with Crippen LogP contribution in [0, 0.1) is 12.3 Å². The van der Waals surface area contributed by atoms with Crippen molar-refractivity contribution in [1.29, 1.82) is 0 Å². The van der Waals surface area contributed by atoms with Gasteiger partial charge in [-0.1, -0.05) is 50.6 Å². The topological polar surface area (TPSA) is 38.3 Å². The minimum Gasteiger partial charge on any atom is -0.381 e. The molecule has 0 fully saturated rings. The molecule has 1 amide bonds. The molecule has 2 aromatic rings. The van der Waals surface area contributed by atoms with Gasteiger partial charge in [0.25, 0.3) is 5.91 Å². The van der Waals surface area contributed by atoms with Crippen molar-refractivity contribution >= 4 is 5.91 Å². The van der Waals surface area contributed by atoms with Crippen LogP contribution in [-0.4, -0.2) is 25.7 Å². The molecule has 0 bridgehead atoms. The maximum Gasteiger partial charge on any atom is 0.251 e. The molecule has 32 heavy (non-hydrogen) atoms. The standard InChI is InChI=1S/C29H37NO2/c1-4-7-10-19-32-20-11-9-13-22-16-17-25-27(21-22)23(6-3)24-14-12-15-26(28(24)25)29(31)30-18-8-5-2/h1,12,14-17,21,23H,5-11,13,18-20H2,2-3H3,(H,30,31). The normalized spacial score (nSPS) is 14.0. The van der Waals surface area contributed by atoms with Gasteiger partial charge in [-0.2, -0.15) is 0 Å². The Hall–Kier alpha value is -2.57. The molecule has 3 nitrogen and oxygen atoms in total. The number of carbonyl (C=O) groups excluding carboxylic acids is 1. The second-order valence-electron chi connectivity index (χ2n) is 8.64. The van der Waals surface area contributed by atoms with Gasteiger partial charge in [-0.05, 0) is 72.4 Å². The number of hydrogen-bond donors (Lipinski definition) is 1. The van der Waals surface area contributed by atoms with Gasteiger partial charge < -0.3 is 10.1 Å². The molecule has 170 valence electrons. The molecule has 0 radical (unpaired) electrons. The number of rotatable bonds is 13. The lowest BCUT2D eigenvalue weighted by molar-refractivity contribution is 0.0953. The molecule has 1 unspecified atom stereocenters. The van der Waals surface area contributed by atoms with Crippen LogP contribution in [0.25, 0.3) is 11.1 Å². The summed E-state index contributed by atoms with van der Waals surface area (Å²) in [6.07, 6.45) is 13.4. The third-order valence-electron chi connectivity index (χ3n) is 6.32. The number of fused-ring (bicyclic) bond motifs is 3. The van der Waals surface area contributed by atoms with Crippen molar-refractivity contribution in [3.05, 3.63) is 58.7 Å². The molecular weight excluding hydrogens is 394 g/mol. The van der Waals surface area contributed by atoms with Gasteiger partial charge in [-0.3, -0.25) is 4.79 Å². The van der Waals surface area contributed by atoms with E-state index in [2.05, 4.69) is 49.4 Å². The summed E-state index contributed by atoms with van der Waals surface area (Å²) >= 11 is 0. The molecule has 1 aliphatic rings. The zero-order valence-corrected chi connectivity index (χ0v) is 19.7. The Labute approximate surface area is 194 Å². The third kappa shape index (κ3) is 5.81. The number of unbranched alkanes of at least 4 members (excludes halogenated alkanes) is 3. The highest BCUT2D eigenvalue weighted by molar-refractivity contribution is 6.03. The van der Waals surface area contributed by atoms with Crippen LogP contribution in [0.2, 0.25) is 0 Å². The molecule has 1 N–H and O–H groups in total. The van der Waals surface area contributed by atoms with Gasteiger partial charge in [0.2, 0.25) is 0 Å². The van der Waals surface area contributed by atoms with Crippen molar-refractivity contribution in [3.8, 4) is 23.5 Å².